The molecule has 2 aliphatic rings. The van der Waals surface area contributed by atoms with Crippen LogP contribution < -0.4 is 5.32 Å². The number of halogens is 2. The van der Waals surface area contributed by atoms with Crippen molar-refractivity contribution in [3.8, 4) is 21.9 Å². The summed E-state index contributed by atoms with van der Waals surface area (Å²) in [6.45, 7) is 2.75. The molecule has 9 nitrogen and oxygen atoms in total. The first-order chi connectivity index (χ1) is 22.4. The van der Waals surface area contributed by atoms with Gasteiger partial charge in [-0.3, -0.25) is 14.8 Å². The number of amides is 1. The van der Waals surface area contributed by atoms with Gasteiger partial charge < -0.3 is 14.6 Å². The SMILES string of the molecule is Cc1nnc(-c2c(CCc3ccc(F)cc3)nc3c(c2-c2cc4ccnc(NCc5cncc(F)c5)c4s2)C(=O)N2CCC[C@@H]32)o1. The topological polar surface area (TPSA) is 110 Å². The Morgan fingerprint density at radius 3 is 2.67 bits per heavy atom. The van der Waals surface area contributed by atoms with Crippen molar-refractivity contribution in [2.24, 2.45) is 0 Å². The molecule has 0 unspecified atom stereocenters. The molecule has 6 aromatic rings. The molecule has 0 saturated carbocycles. The molecule has 1 saturated heterocycles. The number of nitrogens with zero attached hydrogens (tertiary/aromatic N) is 6. The van der Waals surface area contributed by atoms with E-state index in [0.29, 0.717) is 60.2 Å². The number of thiophene rings is 1. The average Bonchev–Trinajstić information content (AvgIpc) is 3.85. The molecule has 5 aromatic heterocycles. The number of nitrogens with one attached hydrogen (secondary N) is 1. The second kappa shape index (κ2) is 11.4. The van der Waals surface area contributed by atoms with Gasteiger partial charge in [0, 0.05) is 42.8 Å². The molecule has 1 aromatic carbocycles. The lowest BCUT2D eigenvalue weighted by atomic mass is 9.93. The van der Waals surface area contributed by atoms with Gasteiger partial charge in [-0.05, 0) is 72.5 Å². The van der Waals surface area contributed by atoms with Crippen LogP contribution in [0, 0.1) is 18.6 Å². The van der Waals surface area contributed by atoms with Crippen LogP contribution in [0.4, 0.5) is 14.6 Å². The van der Waals surface area contributed by atoms with E-state index in [4.69, 9.17) is 9.40 Å². The molecule has 1 fully saturated rings. The molecule has 12 heteroatoms. The summed E-state index contributed by atoms with van der Waals surface area (Å²) < 4.78 is 34.3. The van der Waals surface area contributed by atoms with E-state index in [2.05, 4.69) is 31.5 Å². The van der Waals surface area contributed by atoms with Gasteiger partial charge in [-0.25, -0.2) is 13.8 Å². The van der Waals surface area contributed by atoms with Crippen molar-refractivity contribution in [1.29, 1.82) is 0 Å². The van der Waals surface area contributed by atoms with Gasteiger partial charge in [0.05, 0.1) is 39.5 Å². The molecule has 8 rings (SSSR count). The van der Waals surface area contributed by atoms with Crippen LogP contribution >= 0.6 is 11.3 Å². The van der Waals surface area contributed by atoms with Crippen molar-refractivity contribution in [3.05, 3.63) is 107 Å². The van der Waals surface area contributed by atoms with Crippen LogP contribution in [0.2, 0.25) is 0 Å². The number of aromatic nitrogens is 5. The Labute approximate surface area is 266 Å². The molecule has 0 aliphatic carbocycles. The molecule has 7 heterocycles. The van der Waals surface area contributed by atoms with E-state index in [-0.39, 0.29) is 17.8 Å². The van der Waals surface area contributed by atoms with E-state index in [1.807, 2.05) is 11.0 Å². The van der Waals surface area contributed by atoms with Crippen molar-refractivity contribution in [1.82, 2.24) is 30.0 Å². The lowest BCUT2D eigenvalue weighted by molar-refractivity contribution is 0.0776. The fourth-order valence-corrected chi connectivity index (χ4v) is 7.65. The molecule has 0 bridgehead atoms. The summed E-state index contributed by atoms with van der Waals surface area (Å²) in [5.41, 5.74) is 5.11. The quantitative estimate of drug-likeness (QED) is 0.189. The largest absolute Gasteiger partial charge is 0.421 e. The highest BCUT2D eigenvalue weighted by Crippen LogP contribution is 2.50. The Bertz CT molecular complexity index is 2130. The lowest BCUT2D eigenvalue weighted by Crippen LogP contribution is -2.22. The summed E-state index contributed by atoms with van der Waals surface area (Å²) in [7, 11) is 0. The third-order valence-electron chi connectivity index (χ3n) is 8.55. The molecule has 1 amide bonds. The monoisotopic (exact) mass is 635 g/mol. The van der Waals surface area contributed by atoms with Crippen LogP contribution in [-0.4, -0.2) is 42.5 Å². The fourth-order valence-electron chi connectivity index (χ4n) is 6.47. The van der Waals surface area contributed by atoms with Gasteiger partial charge in [-0.1, -0.05) is 12.1 Å². The van der Waals surface area contributed by atoms with Crippen molar-refractivity contribution >= 4 is 33.1 Å². The molecule has 46 heavy (non-hydrogen) atoms. The summed E-state index contributed by atoms with van der Waals surface area (Å²) in [6.07, 6.45) is 7.40. The van der Waals surface area contributed by atoms with Crippen LogP contribution in [0.5, 0.6) is 0 Å². The maximum Gasteiger partial charge on any atom is 0.257 e. The Kier molecular flexibility index (Phi) is 7.01. The highest BCUT2D eigenvalue weighted by molar-refractivity contribution is 7.23. The molecule has 230 valence electrons. The first kappa shape index (κ1) is 28.4. The number of hydrogen-bond donors (Lipinski definition) is 1. The number of pyridine rings is 3. The van der Waals surface area contributed by atoms with Gasteiger partial charge in [0.1, 0.15) is 17.5 Å². The number of carbonyl (C=O) groups is 1. The van der Waals surface area contributed by atoms with Crippen LogP contribution in [0.25, 0.3) is 32.0 Å². The normalized spacial score (nSPS) is 15.5. The predicted octanol–water partition coefficient (Wildman–Crippen LogP) is 7.08. The Morgan fingerprint density at radius 1 is 1.00 bits per heavy atom. The smallest absolute Gasteiger partial charge is 0.257 e. The van der Waals surface area contributed by atoms with E-state index >= 15 is 0 Å². The minimum absolute atomic E-state index is 0.0462. The number of hydrogen-bond acceptors (Lipinski definition) is 9. The average molecular weight is 636 g/mol. The zero-order chi connectivity index (χ0) is 31.4. The van der Waals surface area contributed by atoms with Gasteiger partial charge in [-0.15, -0.1) is 21.5 Å². The Balaban J connectivity index is 1.29. The van der Waals surface area contributed by atoms with Gasteiger partial charge in [0.2, 0.25) is 11.8 Å². The fraction of sp³-hybridized carbons (Fsp3) is 0.235. The van der Waals surface area contributed by atoms with Gasteiger partial charge >= 0.3 is 0 Å². The van der Waals surface area contributed by atoms with Crippen molar-refractivity contribution in [2.75, 3.05) is 11.9 Å². The van der Waals surface area contributed by atoms with E-state index < -0.39 is 5.82 Å². The highest BCUT2D eigenvalue weighted by atomic mass is 32.1. The molecular formula is C34H27F2N7O2S. The number of benzene rings is 1. The molecule has 0 radical (unpaired) electrons. The van der Waals surface area contributed by atoms with Crippen LogP contribution in [-0.2, 0) is 19.4 Å². The van der Waals surface area contributed by atoms with Gasteiger partial charge in [-0.2, -0.15) is 0 Å². The minimum atomic E-state index is -0.403. The van der Waals surface area contributed by atoms with E-state index in [9.17, 15) is 13.6 Å². The summed E-state index contributed by atoms with van der Waals surface area (Å²) in [5, 5.41) is 12.8. The number of carbonyl (C=O) groups excluding carboxylic acids is 1. The van der Waals surface area contributed by atoms with Crippen molar-refractivity contribution < 1.29 is 18.0 Å². The first-order valence-electron chi connectivity index (χ1n) is 15.1. The summed E-state index contributed by atoms with van der Waals surface area (Å²) in [4.78, 5) is 30.5. The van der Waals surface area contributed by atoms with E-state index in [0.717, 1.165) is 50.3 Å². The number of rotatable bonds is 8. The molecule has 2 aliphatic heterocycles. The maximum absolute atomic E-state index is 14.1. The number of aryl methyl sites for hydroxylation is 3. The summed E-state index contributed by atoms with van der Waals surface area (Å²) in [5.74, 6) is 0.599. The van der Waals surface area contributed by atoms with Crippen LogP contribution in [0.3, 0.4) is 0 Å². The van der Waals surface area contributed by atoms with Crippen molar-refractivity contribution in [3.63, 3.8) is 0 Å². The Morgan fingerprint density at radius 2 is 1.87 bits per heavy atom. The standard InChI is InChI=1S/C34H27F2N7O2S/c1-18-41-42-33(45-18)27-24(9-6-19-4-7-22(35)8-5-19)40-30-25-3-2-12-43(25)34(44)29(30)28(27)26-14-21-10-11-38-32(31(21)46-26)39-16-20-13-23(36)17-37-15-20/h4-5,7-8,10-11,13-15,17,25H,2-3,6,9,12,16H2,1H3,(H,38,39)/t25-/m0/s1. The second-order valence-electron chi connectivity index (χ2n) is 11.5. The van der Waals surface area contributed by atoms with Crippen molar-refractivity contribution in [2.45, 2.75) is 45.2 Å². The molecule has 1 atom stereocenters. The molecular weight excluding hydrogens is 608 g/mol. The van der Waals surface area contributed by atoms with E-state index in [1.54, 1.807) is 31.5 Å². The first-order valence-corrected chi connectivity index (χ1v) is 15.9. The zero-order valence-corrected chi connectivity index (χ0v) is 25.6. The highest BCUT2D eigenvalue weighted by Gasteiger charge is 2.44. The van der Waals surface area contributed by atoms with Crippen LogP contribution in [0.15, 0.2) is 65.5 Å². The summed E-state index contributed by atoms with van der Waals surface area (Å²) >= 11 is 1.51. The van der Waals surface area contributed by atoms with Gasteiger partial charge in [0.15, 0.2) is 0 Å². The number of fused-ring (bicyclic) bond motifs is 4. The maximum atomic E-state index is 14.1. The Hall–Kier alpha value is -5.10. The lowest BCUT2D eigenvalue weighted by Gasteiger charge is -2.16. The summed E-state index contributed by atoms with van der Waals surface area (Å²) in [6, 6.07) is 11.8. The van der Waals surface area contributed by atoms with Gasteiger partial charge in [0.25, 0.3) is 5.91 Å². The second-order valence-corrected chi connectivity index (χ2v) is 12.6. The van der Waals surface area contributed by atoms with Crippen LogP contribution in [0.1, 0.15) is 57.6 Å². The third kappa shape index (κ3) is 4.98. The third-order valence-corrected chi connectivity index (χ3v) is 9.72. The minimum Gasteiger partial charge on any atom is -0.421 e. The zero-order valence-electron chi connectivity index (χ0n) is 24.8. The molecule has 1 N–H and O–H groups in total. The number of anilines is 1. The molecule has 0 spiro atoms. The van der Waals surface area contributed by atoms with E-state index in [1.165, 1.54) is 35.7 Å². The predicted molar refractivity (Wildman–Crippen MR) is 169 cm³/mol.